The van der Waals surface area contributed by atoms with E-state index >= 15 is 0 Å². The number of halogens is 1. The third kappa shape index (κ3) is 6.21. The van der Waals surface area contributed by atoms with E-state index in [2.05, 4.69) is 27.7 Å². The Bertz CT molecular complexity index is 834. The van der Waals surface area contributed by atoms with Crippen molar-refractivity contribution >= 4 is 29.2 Å². The number of amides is 3. The minimum Gasteiger partial charge on any atom is -0.338 e. The first kappa shape index (κ1) is 22.1. The van der Waals surface area contributed by atoms with E-state index in [1.54, 1.807) is 24.3 Å². The quantitative estimate of drug-likeness (QED) is 0.734. The van der Waals surface area contributed by atoms with Gasteiger partial charge in [-0.3, -0.25) is 9.69 Å². The zero-order valence-electron chi connectivity index (χ0n) is 17.5. The number of piperazine rings is 1. The molecule has 0 aliphatic carbocycles. The lowest BCUT2D eigenvalue weighted by Crippen LogP contribution is -2.56. The molecule has 6 nitrogen and oxygen atoms in total. The molecule has 3 amide bonds. The van der Waals surface area contributed by atoms with E-state index in [9.17, 15) is 9.59 Å². The van der Waals surface area contributed by atoms with E-state index in [1.807, 2.05) is 36.9 Å². The van der Waals surface area contributed by atoms with Gasteiger partial charge in [0.2, 0.25) is 5.91 Å². The van der Waals surface area contributed by atoms with Crippen LogP contribution in [0.3, 0.4) is 0 Å². The van der Waals surface area contributed by atoms with Crippen molar-refractivity contribution in [2.75, 3.05) is 31.5 Å². The van der Waals surface area contributed by atoms with Crippen molar-refractivity contribution in [3.8, 4) is 0 Å². The predicted molar refractivity (Wildman–Crippen MR) is 121 cm³/mol. The highest BCUT2D eigenvalue weighted by molar-refractivity contribution is 6.30. The molecule has 1 heterocycles. The number of hydrogen-bond acceptors (Lipinski definition) is 3. The maximum atomic E-state index is 13.1. The van der Waals surface area contributed by atoms with Gasteiger partial charge in [-0.2, -0.15) is 0 Å². The first-order chi connectivity index (χ1) is 14.4. The maximum absolute atomic E-state index is 13.1. The highest BCUT2D eigenvalue weighted by Gasteiger charge is 2.30. The summed E-state index contributed by atoms with van der Waals surface area (Å²) in [7, 11) is 0. The third-order valence-corrected chi connectivity index (χ3v) is 5.51. The lowest BCUT2D eigenvalue weighted by Gasteiger charge is -2.37. The Morgan fingerprint density at radius 1 is 0.967 bits per heavy atom. The first-order valence-electron chi connectivity index (χ1n) is 10.3. The molecule has 3 rings (SSSR count). The van der Waals surface area contributed by atoms with E-state index in [0.717, 1.165) is 19.6 Å². The van der Waals surface area contributed by atoms with Crippen LogP contribution in [0.2, 0.25) is 5.02 Å². The van der Waals surface area contributed by atoms with Gasteiger partial charge < -0.3 is 15.5 Å². The Kier molecular flexibility index (Phi) is 7.71. The van der Waals surface area contributed by atoms with E-state index in [-0.39, 0.29) is 11.8 Å². The topological polar surface area (TPSA) is 64.7 Å². The second kappa shape index (κ2) is 10.5. The Morgan fingerprint density at radius 3 is 2.20 bits per heavy atom. The molecule has 1 saturated heterocycles. The second-order valence-electron chi connectivity index (χ2n) is 7.91. The number of urea groups is 1. The number of nitrogens with one attached hydrogen (secondary N) is 2. The van der Waals surface area contributed by atoms with Crippen LogP contribution in [-0.4, -0.2) is 54.0 Å². The van der Waals surface area contributed by atoms with E-state index in [0.29, 0.717) is 23.8 Å². The number of rotatable bonds is 6. The molecule has 0 radical (unpaired) electrons. The summed E-state index contributed by atoms with van der Waals surface area (Å²) in [6.45, 7) is 7.74. The van der Waals surface area contributed by atoms with Crippen molar-refractivity contribution in [1.29, 1.82) is 0 Å². The summed E-state index contributed by atoms with van der Waals surface area (Å²) in [5.41, 5.74) is 1.90. The monoisotopic (exact) mass is 428 g/mol. The molecule has 1 aliphatic heterocycles. The largest absolute Gasteiger partial charge is 0.338 e. The molecular weight excluding hydrogens is 400 g/mol. The molecule has 30 heavy (non-hydrogen) atoms. The Morgan fingerprint density at radius 2 is 1.60 bits per heavy atom. The van der Waals surface area contributed by atoms with Crippen LogP contribution in [-0.2, 0) is 11.3 Å². The highest BCUT2D eigenvalue weighted by Crippen LogP contribution is 2.15. The van der Waals surface area contributed by atoms with Gasteiger partial charge in [-0.25, -0.2) is 4.79 Å². The Balaban J connectivity index is 1.52. The van der Waals surface area contributed by atoms with Crippen molar-refractivity contribution in [2.24, 2.45) is 5.92 Å². The van der Waals surface area contributed by atoms with Crippen LogP contribution in [0, 0.1) is 5.92 Å². The van der Waals surface area contributed by atoms with Gasteiger partial charge >= 0.3 is 6.03 Å². The molecule has 2 N–H and O–H groups in total. The molecule has 0 spiro atoms. The molecule has 0 aromatic heterocycles. The highest BCUT2D eigenvalue weighted by atomic mass is 35.5. The molecule has 7 heteroatoms. The molecule has 2 aromatic rings. The average Bonchev–Trinajstić information content (AvgIpc) is 2.74. The van der Waals surface area contributed by atoms with Crippen molar-refractivity contribution in [2.45, 2.75) is 26.4 Å². The smallest absolute Gasteiger partial charge is 0.319 e. The van der Waals surface area contributed by atoms with E-state index in [1.165, 1.54) is 5.56 Å². The van der Waals surface area contributed by atoms with Crippen LogP contribution in [0.1, 0.15) is 19.4 Å². The molecule has 1 atom stereocenters. The molecule has 1 unspecified atom stereocenters. The van der Waals surface area contributed by atoms with Gasteiger partial charge in [0.15, 0.2) is 0 Å². The van der Waals surface area contributed by atoms with Crippen LogP contribution < -0.4 is 10.6 Å². The number of anilines is 1. The molecule has 2 aromatic carbocycles. The SMILES string of the molecule is CC(C)C(NC(=O)Nc1ccc(Cl)cc1)C(=O)N1CCN(Cc2ccccc2)CC1. The second-order valence-corrected chi connectivity index (χ2v) is 8.35. The zero-order valence-corrected chi connectivity index (χ0v) is 18.2. The lowest BCUT2D eigenvalue weighted by molar-refractivity contribution is -0.136. The predicted octanol–water partition coefficient (Wildman–Crippen LogP) is 3.83. The molecule has 1 aliphatic rings. The average molecular weight is 429 g/mol. The third-order valence-electron chi connectivity index (χ3n) is 5.25. The number of nitrogens with zero attached hydrogens (tertiary/aromatic N) is 2. The molecule has 0 bridgehead atoms. The number of carbonyl (C=O) groups is 2. The van der Waals surface area contributed by atoms with E-state index < -0.39 is 12.1 Å². The minimum absolute atomic E-state index is 0.0178. The summed E-state index contributed by atoms with van der Waals surface area (Å²) in [4.78, 5) is 29.7. The Hall–Kier alpha value is -2.57. The van der Waals surface area contributed by atoms with Crippen LogP contribution in [0.15, 0.2) is 54.6 Å². The lowest BCUT2D eigenvalue weighted by atomic mass is 10.0. The fourth-order valence-corrected chi connectivity index (χ4v) is 3.65. The maximum Gasteiger partial charge on any atom is 0.319 e. The van der Waals surface area contributed by atoms with Gasteiger partial charge in [0.1, 0.15) is 6.04 Å². The summed E-state index contributed by atoms with van der Waals surface area (Å²) in [6, 6.07) is 16.2. The number of benzene rings is 2. The van der Waals surface area contributed by atoms with Gasteiger partial charge in [-0.1, -0.05) is 55.8 Å². The molecule has 1 fully saturated rings. The van der Waals surface area contributed by atoms with Crippen LogP contribution in [0.25, 0.3) is 0 Å². The van der Waals surface area contributed by atoms with Gasteiger partial charge in [0.05, 0.1) is 0 Å². The first-order valence-corrected chi connectivity index (χ1v) is 10.7. The van der Waals surface area contributed by atoms with E-state index in [4.69, 9.17) is 11.6 Å². The van der Waals surface area contributed by atoms with Crippen molar-refractivity contribution < 1.29 is 9.59 Å². The molecule has 0 saturated carbocycles. The standard InChI is InChI=1S/C23H29ClN4O2/c1-17(2)21(26-23(30)25-20-10-8-19(24)9-11-20)22(29)28-14-12-27(13-15-28)16-18-6-4-3-5-7-18/h3-11,17,21H,12-16H2,1-2H3,(H2,25,26,30). The zero-order chi connectivity index (χ0) is 21.5. The van der Waals surface area contributed by atoms with Gasteiger partial charge in [0, 0.05) is 43.4 Å². The number of hydrogen-bond donors (Lipinski definition) is 2. The summed E-state index contributed by atoms with van der Waals surface area (Å²) < 4.78 is 0. The van der Waals surface area contributed by atoms with Crippen molar-refractivity contribution in [3.63, 3.8) is 0 Å². The Labute approximate surface area is 183 Å². The van der Waals surface area contributed by atoms with Gasteiger partial charge in [-0.15, -0.1) is 0 Å². The summed E-state index contributed by atoms with van der Waals surface area (Å²) in [5, 5.41) is 6.20. The van der Waals surface area contributed by atoms with Gasteiger partial charge in [-0.05, 0) is 35.7 Å². The van der Waals surface area contributed by atoms with Gasteiger partial charge in [0.25, 0.3) is 0 Å². The normalized spacial score (nSPS) is 15.7. The minimum atomic E-state index is -0.571. The summed E-state index contributed by atoms with van der Waals surface area (Å²) in [5.74, 6) is -0.0496. The fourth-order valence-electron chi connectivity index (χ4n) is 3.52. The molecular formula is C23H29ClN4O2. The number of carbonyl (C=O) groups excluding carboxylic acids is 2. The fraction of sp³-hybridized carbons (Fsp3) is 0.391. The van der Waals surface area contributed by atoms with Crippen molar-refractivity contribution in [1.82, 2.24) is 15.1 Å². The van der Waals surface area contributed by atoms with Crippen molar-refractivity contribution in [3.05, 3.63) is 65.2 Å². The summed E-state index contributed by atoms with van der Waals surface area (Å²) >= 11 is 5.88. The van der Waals surface area contributed by atoms with Crippen LogP contribution in [0.4, 0.5) is 10.5 Å². The molecule has 160 valence electrons. The summed E-state index contributed by atoms with van der Waals surface area (Å²) in [6.07, 6.45) is 0. The van der Waals surface area contributed by atoms with Crippen LogP contribution in [0.5, 0.6) is 0 Å². The van der Waals surface area contributed by atoms with Crippen LogP contribution >= 0.6 is 11.6 Å².